The lowest BCUT2D eigenvalue weighted by molar-refractivity contribution is -0.192. The van der Waals surface area contributed by atoms with Crippen molar-refractivity contribution in [3.05, 3.63) is 23.8 Å². The highest BCUT2D eigenvalue weighted by Crippen LogP contribution is 2.35. The second-order valence-electron chi connectivity index (χ2n) is 7.15. The number of hydrogen-bond donors (Lipinski definition) is 1. The summed E-state index contributed by atoms with van der Waals surface area (Å²) in [6, 6.07) is 6.79. The Balaban J connectivity index is 0.000000298. The zero-order valence-electron chi connectivity index (χ0n) is 16.0. The molecule has 3 aliphatic heterocycles. The SMILES string of the molecule is COC[C@@H]1CC[C@H]2[C@H](CCN2Cc2ccc3c(c2)OCO3)O1.O=C(O)C(F)(F)F. The number of alkyl halides is 3. The highest BCUT2D eigenvalue weighted by molar-refractivity contribution is 5.73. The number of rotatable bonds is 4. The number of carboxylic acids is 1. The van der Waals surface area contributed by atoms with Crippen LogP contribution in [0.15, 0.2) is 18.2 Å². The van der Waals surface area contributed by atoms with E-state index in [4.69, 9.17) is 28.8 Å². The lowest BCUT2D eigenvalue weighted by atomic mass is 9.99. The molecule has 4 rings (SSSR count). The Bertz CT molecular complexity index is 714. The fourth-order valence-electron chi connectivity index (χ4n) is 3.86. The molecule has 0 aliphatic carbocycles. The minimum Gasteiger partial charge on any atom is -0.475 e. The number of methoxy groups -OCH3 is 1. The molecule has 10 heteroatoms. The summed E-state index contributed by atoms with van der Waals surface area (Å²) in [4.78, 5) is 11.4. The van der Waals surface area contributed by atoms with Gasteiger partial charge in [0, 0.05) is 26.2 Å². The molecular formula is C19H24F3NO6. The van der Waals surface area contributed by atoms with Crippen molar-refractivity contribution in [2.45, 2.75) is 50.2 Å². The van der Waals surface area contributed by atoms with Crippen LogP contribution in [-0.4, -0.2) is 67.5 Å². The summed E-state index contributed by atoms with van der Waals surface area (Å²) < 4.78 is 54.0. The Morgan fingerprint density at radius 2 is 1.97 bits per heavy atom. The predicted molar refractivity (Wildman–Crippen MR) is 94.8 cm³/mol. The van der Waals surface area contributed by atoms with Gasteiger partial charge < -0.3 is 24.1 Å². The Morgan fingerprint density at radius 1 is 1.24 bits per heavy atom. The second kappa shape index (κ2) is 9.19. The monoisotopic (exact) mass is 419 g/mol. The van der Waals surface area contributed by atoms with E-state index in [9.17, 15) is 13.2 Å². The number of halogens is 3. The minimum atomic E-state index is -5.08. The lowest BCUT2D eigenvalue weighted by Gasteiger charge is -2.35. The minimum absolute atomic E-state index is 0.275. The molecule has 1 aromatic rings. The molecule has 0 amide bonds. The molecule has 3 atom stereocenters. The summed E-state index contributed by atoms with van der Waals surface area (Å²) in [7, 11) is 1.75. The van der Waals surface area contributed by atoms with Crippen molar-refractivity contribution in [2.75, 3.05) is 27.1 Å². The number of nitrogens with zero attached hydrogens (tertiary/aromatic N) is 1. The van der Waals surface area contributed by atoms with Gasteiger partial charge in [0.2, 0.25) is 6.79 Å². The van der Waals surface area contributed by atoms with Crippen LogP contribution < -0.4 is 9.47 Å². The van der Waals surface area contributed by atoms with Crippen molar-refractivity contribution >= 4 is 5.97 Å². The summed E-state index contributed by atoms with van der Waals surface area (Å²) in [5, 5.41) is 7.12. The first kappa shape index (κ1) is 21.7. The van der Waals surface area contributed by atoms with Crippen LogP contribution >= 0.6 is 0 Å². The van der Waals surface area contributed by atoms with E-state index in [0.29, 0.717) is 25.5 Å². The maximum absolute atomic E-state index is 10.6. The van der Waals surface area contributed by atoms with Crippen molar-refractivity contribution < 1.29 is 42.0 Å². The zero-order chi connectivity index (χ0) is 21.0. The maximum Gasteiger partial charge on any atom is 0.490 e. The van der Waals surface area contributed by atoms with Gasteiger partial charge in [-0.15, -0.1) is 0 Å². The second-order valence-corrected chi connectivity index (χ2v) is 7.15. The van der Waals surface area contributed by atoms with E-state index in [-0.39, 0.29) is 6.10 Å². The third kappa shape index (κ3) is 5.52. The molecule has 0 aromatic heterocycles. The number of likely N-dealkylation sites (tertiary alicyclic amines) is 1. The first-order valence-electron chi connectivity index (χ1n) is 9.35. The number of carboxylic acid groups (broad SMARTS) is 1. The van der Waals surface area contributed by atoms with E-state index < -0.39 is 12.1 Å². The van der Waals surface area contributed by atoms with Crippen LogP contribution in [0.5, 0.6) is 11.5 Å². The van der Waals surface area contributed by atoms with Gasteiger partial charge in [0.05, 0.1) is 18.8 Å². The first-order chi connectivity index (χ1) is 13.8. The summed E-state index contributed by atoms with van der Waals surface area (Å²) in [6.45, 7) is 3.10. The standard InChI is InChI=1S/C17H23NO4.C2HF3O2/c1-19-10-13-3-4-14-15(22-13)6-7-18(14)9-12-2-5-16-17(8-12)21-11-20-16;3-2(4,5)1(6)7/h2,5,8,13-15H,3-4,6-7,9-11H2,1H3;(H,6,7)/t13-,14-,15-;/m0./s1. The van der Waals surface area contributed by atoms with Gasteiger partial charge in [0.25, 0.3) is 0 Å². The van der Waals surface area contributed by atoms with Gasteiger partial charge in [0.1, 0.15) is 0 Å². The largest absolute Gasteiger partial charge is 0.490 e. The van der Waals surface area contributed by atoms with Crippen LogP contribution in [0.4, 0.5) is 13.2 Å². The summed E-state index contributed by atoms with van der Waals surface area (Å²) >= 11 is 0. The highest BCUT2D eigenvalue weighted by atomic mass is 19.4. The normalized spacial score (nSPS) is 25.9. The van der Waals surface area contributed by atoms with Gasteiger partial charge in [-0.25, -0.2) is 4.79 Å². The quantitative estimate of drug-likeness (QED) is 0.804. The van der Waals surface area contributed by atoms with E-state index >= 15 is 0 Å². The van der Waals surface area contributed by atoms with E-state index in [1.807, 2.05) is 6.07 Å². The van der Waals surface area contributed by atoms with Gasteiger partial charge in [-0.2, -0.15) is 13.2 Å². The summed E-state index contributed by atoms with van der Waals surface area (Å²) in [5.74, 6) is -1.03. The Labute approximate surface area is 166 Å². The van der Waals surface area contributed by atoms with Crippen LogP contribution in [-0.2, 0) is 20.8 Å². The van der Waals surface area contributed by atoms with Crippen LogP contribution in [0.3, 0.4) is 0 Å². The molecule has 7 nitrogen and oxygen atoms in total. The molecule has 2 fully saturated rings. The Morgan fingerprint density at radius 3 is 2.66 bits per heavy atom. The maximum atomic E-state index is 10.6. The lowest BCUT2D eigenvalue weighted by Crippen LogP contribution is -2.43. The van der Waals surface area contributed by atoms with Crippen molar-refractivity contribution in [2.24, 2.45) is 0 Å². The molecule has 0 saturated carbocycles. The van der Waals surface area contributed by atoms with E-state index in [0.717, 1.165) is 37.4 Å². The van der Waals surface area contributed by atoms with Gasteiger partial charge in [-0.3, -0.25) is 4.90 Å². The topological polar surface area (TPSA) is 77.5 Å². The van der Waals surface area contributed by atoms with Crippen LogP contribution in [0, 0.1) is 0 Å². The van der Waals surface area contributed by atoms with Crippen molar-refractivity contribution in [1.82, 2.24) is 4.90 Å². The molecule has 162 valence electrons. The fraction of sp³-hybridized carbons (Fsp3) is 0.632. The average Bonchev–Trinajstić information content (AvgIpc) is 3.28. The van der Waals surface area contributed by atoms with Crippen molar-refractivity contribution in [3.8, 4) is 11.5 Å². The Hall–Kier alpha value is -2.04. The molecule has 0 unspecified atom stereocenters. The van der Waals surface area contributed by atoms with Gasteiger partial charge >= 0.3 is 12.1 Å². The number of aliphatic carboxylic acids is 1. The molecule has 2 saturated heterocycles. The number of benzene rings is 1. The van der Waals surface area contributed by atoms with E-state index in [1.165, 1.54) is 12.0 Å². The molecule has 1 N–H and O–H groups in total. The zero-order valence-corrected chi connectivity index (χ0v) is 16.0. The number of carbonyl (C=O) groups is 1. The molecule has 3 aliphatic rings. The summed E-state index contributed by atoms with van der Waals surface area (Å²) in [5.41, 5.74) is 1.28. The molecule has 1 aromatic carbocycles. The molecule has 29 heavy (non-hydrogen) atoms. The van der Waals surface area contributed by atoms with Crippen LogP contribution in [0.1, 0.15) is 24.8 Å². The fourth-order valence-corrected chi connectivity index (χ4v) is 3.86. The predicted octanol–water partition coefficient (Wildman–Crippen LogP) is 2.82. The Kier molecular flexibility index (Phi) is 6.86. The van der Waals surface area contributed by atoms with Gasteiger partial charge in [-0.1, -0.05) is 6.07 Å². The average molecular weight is 419 g/mol. The van der Waals surface area contributed by atoms with Crippen molar-refractivity contribution in [3.63, 3.8) is 0 Å². The molecule has 3 heterocycles. The third-order valence-electron chi connectivity index (χ3n) is 5.17. The molecule has 0 bridgehead atoms. The van der Waals surface area contributed by atoms with E-state index in [1.54, 1.807) is 7.11 Å². The number of hydrogen-bond acceptors (Lipinski definition) is 6. The third-order valence-corrected chi connectivity index (χ3v) is 5.17. The highest BCUT2D eigenvalue weighted by Gasteiger charge is 2.40. The molecule has 0 spiro atoms. The number of fused-ring (bicyclic) bond motifs is 2. The molecular weight excluding hydrogens is 395 g/mol. The first-order valence-corrected chi connectivity index (χ1v) is 9.35. The van der Waals surface area contributed by atoms with E-state index in [2.05, 4.69) is 17.0 Å². The van der Waals surface area contributed by atoms with Crippen LogP contribution in [0.25, 0.3) is 0 Å². The van der Waals surface area contributed by atoms with Crippen molar-refractivity contribution in [1.29, 1.82) is 0 Å². The smallest absolute Gasteiger partial charge is 0.475 e. The van der Waals surface area contributed by atoms with Gasteiger partial charge in [0.15, 0.2) is 11.5 Å². The summed E-state index contributed by atoms with van der Waals surface area (Å²) in [6.07, 6.45) is -1.04. The number of ether oxygens (including phenoxy) is 4. The van der Waals surface area contributed by atoms with Gasteiger partial charge in [-0.05, 0) is 37.0 Å². The van der Waals surface area contributed by atoms with Crippen LogP contribution in [0.2, 0.25) is 0 Å². The molecule has 0 radical (unpaired) electrons.